The number of hydrogen-bond acceptors (Lipinski definition) is 4. The molecule has 3 N–H and O–H groups in total. The lowest BCUT2D eigenvalue weighted by molar-refractivity contribution is -0.121. The minimum absolute atomic E-state index is 0.208. The van der Waals surface area contributed by atoms with Gasteiger partial charge in [0.25, 0.3) is 0 Å². The molecule has 0 aromatic carbocycles. The van der Waals surface area contributed by atoms with Gasteiger partial charge in [0.05, 0.1) is 25.9 Å². The minimum atomic E-state index is -0.369. The number of nitrogens with one attached hydrogen (secondary N) is 1. The van der Waals surface area contributed by atoms with Crippen LogP contribution in [0.2, 0.25) is 0 Å². The molecule has 16 heavy (non-hydrogen) atoms. The van der Waals surface area contributed by atoms with Crippen molar-refractivity contribution in [2.24, 2.45) is 5.73 Å². The van der Waals surface area contributed by atoms with Gasteiger partial charge in [-0.05, 0) is 26.7 Å². The van der Waals surface area contributed by atoms with Crippen LogP contribution in [0.1, 0.15) is 26.7 Å². The first-order valence-electron chi connectivity index (χ1n) is 5.84. The molecule has 1 unspecified atom stereocenters. The van der Waals surface area contributed by atoms with Crippen molar-refractivity contribution < 1.29 is 14.3 Å². The highest BCUT2D eigenvalue weighted by Gasteiger charge is 2.27. The Bertz CT molecular complexity index is 217. The van der Waals surface area contributed by atoms with Gasteiger partial charge in [-0.3, -0.25) is 4.79 Å². The molecule has 1 amide bonds. The van der Waals surface area contributed by atoms with E-state index in [2.05, 4.69) is 5.32 Å². The van der Waals surface area contributed by atoms with Gasteiger partial charge in [0, 0.05) is 6.04 Å². The van der Waals surface area contributed by atoms with Gasteiger partial charge in [-0.2, -0.15) is 0 Å². The van der Waals surface area contributed by atoms with Gasteiger partial charge in [0.15, 0.2) is 0 Å². The van der Waals surface area contributed by atoms with E-state index in [9.17, 15) is 4.79 Å². The van der Waals surface area contributed by atoms with Gasteiger partial charge >= 0.3 is 0 Å². The van der Waals surface area contributed by atoms with Crippen LogP contribution in [0.3, 0.4) is 0 Å². The molecule has 1 atom stereocenters. The average molecular weight is 230 g/mol. The highest BCUT2D eigenvalue weighted by Crippen LogP contribution is 2.19. The Morgan fingerprint density at radius 2 is 2.12 bits per heavy atom. The quantitative estimate of drug-likeness (QED) is 0.548. The Balaban J connectivity index is 2.05. The number of rotatable bonds is 9. The van der Waals surface area contributed by atoms with Gasteiger partial charge in [-0.15, -0.1) is 0 Å². The summed E-state index contributed by atoms with van der Waals surface area (Å²) in [4.78, 5) is 11.1. The molecule has 1 aliphatic rings. The fourth-order valence-electron chi connectivity index (χ4n) is 1.29. The summed E-state index contributed by atoms with van der Waals surface area (Å²) in [5.41, 5.74) is 5.26. The maximum absolute atomic E-state index is 11.1. The molecule has 0 aromatic rings. The second-order valence-electron chi connectivity index (χ2n) is 4.39. The van der Waals surface area contributed by atoms with Crippen LogP contribution in [0, 0.1) is 0 Å². The molecule has 0 radical (unpaired) electrons. The largest absolute Gasteiger partial charge is 0.377 e. The molecule has 1 saturated carbocycles. The van der Waals surface area contributed by atoms with Crippen LogP contribution < -0.4 is 11.1 Å². The Hall–Kier alpha value is -0.650. The number of amides is 1. The lowest BCUT2D eigenvalue weighted by Gasteiger charge is -2.15. The maximum Gasteiger partial charge on any atom is 0.236 e. The molecule has 0 heterocycles. The van der Waals surface area contributed by atoms with Gasteiger partial charge in [0.2, 0.25) is 5.91 Å². The van der Waals surface area contributed by atoms with Crippen molar-refractivity contribution in [2.45, 2.75) is 44.9 Å². The average Bonchev–Trinajstić information content (AvgIpc) is 2.98. The molecule has 0 bridgehead atoms. The normalized spacial score (nSPS) is 17.7. The second-order valence-corrected chi connectivity index (χ2v) is 4.39. The van der Waals surface area contributed by atoms with Crippen LogP contribution in [-0.2, 0) is 14.3 Å². The molecule has 0 aliphatic heterocycles. The van der Waals surface area contributed by atoms with E-state index >= 15 is 0 Å². The summed E-state index contributed by atoms with van der Waals surface area (Å²) in [5.74, 6) is -0.350. The third-order valence-corrected chi connectivity index (χ3v) is 2.32. The third-order valence-electron chi connectivity index (χ3n) is 2.32. The van der Waals surface area contributed by atoms with Crippen LogP contribution in [0.25, 0.3) is 0 Å². The molecule has 0 aromatic heterocycles. The van der Waals surface area contributed by atoms with Crippen molar-refractivity contribution in [1.29, 1.82) is 0 Å². The zero-order valence-corrected chi connectivity index (χ0v) is 10.1. The number of ether oxygens (including phenoxy) is 2. The Morgan fingerprint density at radius 1 is 1.44 bits per heavy atom. The van der Waals surface area contributed by atoms with Crippen LogP contribution in [0.4, 0.5) is 0 Å². The van der Waals surface area contributed by atoms with Crippen LogP contribution in [0.15, 0.2) is 0 Å². The van der Waals surface area contributed by atoms with E-state index in [4.69, 9.17) is 15.2 Å². The first kappa shape index (κ1) is 13.4. The molecule has 0 spiro atoms. The van der Waals surface area contributed by atoms with Crippen molar-refractivity contribution in [3.05, 3.63) is 0 Å². The van der Waals surface area contributed by atoms with E-state index in [1.807, 2.05) is 13.8 Å². The van der Waals surface area contributed by atoms with Gasteiger partial charge < -0.3 is 20.5 Å². The molecular weight excluding hydrogens is 208 g/mol. The van der Waals surface area contributed by atoms with E-state index in [1.165, 1.54) is 0 Å². The van der Waals surface area contributed by atoms with Crippen molar-refractivity contribution in [3.8, 4) is 0 Å². The molecule has 0 saturated heterocycles. The zero-order valence-electron chi connectivity index (χ0n) is 10.1. The first-order chi connectivity index (χ1) is 7.59. The second kappa shape index (κ2) is 6.83. The SMILES string of the molecule is CC(C)OCCOCC(NC1CC1)C(N)=O. The molecule has 1 fully saturated rings. The summed E-state index contributed by atoms with van der Waals surface area (Å²) in [7, 11) is 0. The fraction of sp³-hybridized carbons (Fsp3) is 0.909. The molecule has 5 nitrogen and oxygen atoms in total. The lowest BCUT2D eigenvalue weighted by Crippen LogP contribution is -2.45. The van der Waals surface area contributed by atoms with Crippen LogP contribution >= 0.6 is 0 Å². The van der Waals surface area contributed by atoms with Crippen molar-refractivity contribution in [3.63, 3.8) is 0 Å². The fourth-order valence-corrected chi connectivity index (χ4v) is 1.29. The number of primary amides is 1. The highest BCUT2D eigenvalue weighted by atomic mass is 16.5. The monoisotopic (exact) mass is 230 g/mol. The third kappa shape index (κ3) is 6.05. The maximum atomic E-state index is 11.1. The van der Waals surface area contributed by atoms with E-state index in [0.29, 0.717) is 25.9 Å². The predicted molar refractivity (Wildman–Crippen MR) is 61.0 cm³/mol. The molecule has 5 heteroatoms. The number of nitrogens with two attached hydrogens (primary N) is 1. The van der Waals surface area contributed by atoms with Gasteiger partial charge in [0.1, 0.15) is 6.04 Å². The first-order valence-corrected chi connectivity index (χ1v) is 5.84. The van der Waals surface area contributed by atoms with Crippen molar-refractivity contribution in [2.75, 3.05) is 19.8 Å². The highest BCUT2D eigenvalue weighted by molar-refractivity contribution is 5.80. The molecule has 94 valence electrons. The molecule has 1 rings (SSSR count). The van der Waals surface area contributed by atoms with E-state index in [1.54, 1.807) is 0 Å². The summed E-state index contributed by atoms with van der Waals surface area (Å²) < 4.78 is 10.7. The summed E-state index contributed by atoms with van der Waals surface area (Å²) >= 11 is 0. The van der Waals surface area contributed by atoms with E-state index < -0.39 is 0 Å². The van der Waals surface area contributed by atoms with Crippen molar-refractivity contribution >= 4 is 5.91 Å². The summed E-state index contributed by atoms with van der Waals surface area (Å²) in [6.07, 6.45) is 2.46. The van der Waals surface area contributed by atoms with Gasteiger partial charge in [-0.25, -0.2) is 0 Å². The minimum Gasteiger partial charge on any atom is -0.377 e. The number of carbonyl (C=O) groups excluding carboxylic acids is 1. The molecule has 1 aliphatic carbocycles. The summed E-state index contributed by atoms with van der Waals surface area (Å²) in [6.45, 7) is 5.32. The van der Waals surface area contributed by atoms with E-state index in [-0.39, 0.29) is 18.1 Å². The Labute approximate surface area is 96.7 Å². The lowest BCUT2D eigenvalue weighted by atomic mass is 10.3. The summed E-state index contributed by atoms with van der Waals surface area (Å²) in [6, 6.07) is 0.0829. The number of hydrogen-bond donors (Lipinski definition) is 2. The number of carbonyl (C=O) groups is 1. The summed E-state index contributed by atoms with van der Waals surface area (Å²) in [5, 5.41) is 3.15. The standard InChI is InChI=1S/C11H22N2O3/c1-8(2)16-6-5-15-7-10(11(12)14)13-9-3-4-9/h8-10,13H,3-7H2,1-2H3,(H2,12,14). The Kier molecular flexibility index (Phi) is 5.73. The van der Waals surface area contributed by atoms with Crippen molar-refractivity contribution in [1.82, 2.24) is 5.32 Å². The van der Waals surface area contributed by atoms with Crippen LogP contribution in [0.5, 0.6) is 0 Å². The topological polar surface area (TPSA) is 73.6 Å². The molecular formula is C11H22N2O3. The zero-order chi connectivity index (χ0) is 12.0. The Morgan fingerprint density at radius 3 is 2.62 bits per heavy atom. The van der Waals surface area contributed by atoms with Crippen LogP contribution in [-0.4, -0.2) is 43.9 Å². The van der Waals surface area contributed by atoms with E-state index in [0.717, 1.165) is 12.8 Å². The predicted octanol–water partition coefficient (Wildman–Crippen LogP) is 0.0339. The van der Waals surface area contributed by atoms with Gasteiger partial charge in [-0.1, -0.05) is 0 Å². The smallest absolute Gasteiger partial charge is 0.236 e.